The zero-order valence-corrected chi connectivity index (χ0v) is 19.4. The van der Waals surface area contributed by atoms with Crippen LogP contribution in [0.1, 0.15) is 34.0 Å². The van der Waals surface area contributed by atoms with Gasteiger partial charge in [0.2, 0.25) is 0 Å². The van der Waals surface area contributed by atoms with Crippen LogP contribution in [-0.2, 0) is 16.7 Å². The number of benzene rings is 1. The molecule has 1 aromatic carbocycles. The van der Waals surface area contributed by atoms with Crippen molar-refractivity contribution in [3.63, 3.8) is 0 Å². The van der Waals surface area contributed by atoms with Crippen LogP contribution in [0.15, 0.2) is 35.3 Å². The predicted molar refractivity (Wildman–Crippen MR) is 123 cm³/mol. The Hall–Kier alpha value is -1.19. The molecule has 0 aliphatic carbocycles. The molecule has 5 nitrogen and oxygen atoms in total. The van der Waals surface area contributed by atoms with Crippen LogP contribution in [0.3, 0.4) is 0 Å². The molecular formula is C20H29IN4OS. The van der Waals surface area contributed by atoms with Gasteiger partial charge in [0.25, 0.3) is 0 Å². The van der Waals surface area contributed by atoms with Gasteiger partial charge in [-0.05, 0) is 32.3 Å². The third-order valence-corrected chi connectivity index (χ3v) is 6.21. The highest BCUT2D eigenvalue weighted by molar-refractivity contribution is 14.0. The summed E-state index contributed by atoms with van der Waals surface area (Å²) in [6.07, 6.45) is 2.04. The SMILES string of the molecule is CN=C(NCc1nc(C)c(C)s1)NCC1(c2ccccc2)CCOCC1.I. The Morgan fingerprint density at radius 3 is 2.48 bits per heavy atom. The van der Waals surface area contributed by atoms with Crippen LogP contribution in [0.5, 0.6) is 0 Å². The van der Waals surface area contributed by atoms with Crippen molar-refractivity contribution in [2.24, 2.45) is 4.99 Å². The zero-order valence-electron chi connectivity index (χ0n) is 16.2. The number of thiazole rings is 1. The number of aliphatic imine (C=N–C) groups is 1. The van der Waals surface area contributed by atoms with E-state index in [1.165, 1.54) is 10.4 Å². The lowest BCUT2D eigenvalue weighted by atomic mass is 9.74. The molecule has 0 radical (unpaired) electrons. The summed E-state index contributed by atoms with van der Waals surface area (Å²) in [5.41, 5.74) is 2.57. The second kappa shape index (κ2) is 10.4. The number of nitrogens with one attached hydrogen (secondary N) is 2. The number of aromatic nitrogens is 1. The summed E-state index contributed by atoms with van der Waals surface area (Å²) in [7, 11) is 1.81. The molecule has 1 aliphatic rings. The number of ether oxygens (including phenoxy) is 1. The Kier molecular flexibility index (Phi) is 8.50. The molecule has 27 heavy (non-hydrogen) atoms. The topological polar surface area (TPSA) is 58.5 Å². The van der Waals surface area contributed by atoms with Crippen LogP contribution >= 0.6 is 35.3 Å². The molecule has 1 aromatic heterocycles. The maximum absolute atomic E-state index is 5.62. The van der Waals surface area contributed by atoms with Gasteiger partial charge in [0.05, 0.1) is 12.2 Å². The fraction of sp³-hybridized carbons (Fsp3) is 0.500. The molecule has 148 valence electrons. The third-order valence-electron chi connectivity index (χ3n) is 5.13. The quantitative estimate of drug-likeness (QED) is 0.373. The lowest BCUT2D eigenvalue weighted by Gasteiger charge is -2.38. The van der Waals surface area contributed by atoms with Crippen molar-refractivity contribution in [1.29, 1.82) is 0 Å². The Morgan fingerprint density at radius 2 is 1.89 bits per heavy atom. The molecule has 1 aliphatic heterocycles. The predicted octanol–water partition coefficient (Wildman–Crippen LogP) is 3.79. The van der Waals surface area contributed by atoms with Gasteiger partial charge >= 0.3 is 0 Å². The van der Waals surface area contributed by atoms with Crippen LogP contribution in [0, 0.1) is 13.8 Å². The molecule has 0 unspecified atom stereocenters. The fourth-order valence-electron chi connectivity index (χ4n) is 3.37. The van der Waals surface area contributed by atoms with E-state index in [1.807, 2.05) is 7.05 Å². The highest BCUT2D eigenvalue weighted by Gasteiger charge is 2.34. The minimum atomic E-state index is 0. The number of rotatable bonds is 5. The first kappa shape index (κ1) is 22.1. The number of nitrogens with zero attached hydrogens (tertiary/aromatic N) is 2. The van der Waals surface area contributed by atoms with Crippen LogP contribution in [0.2, 0.25) is 0 Å². The number of hydrogen-bond donors (Lipinski definition) is 2. The van der Waals surface area contributed by atoms with E-state index in [0.29, 0.717) is 6.54 Å². The Balaban J connectivity index is 0.00000261. The normalized spacial score (nSPS) is 16.5. The lowest BCUT2D eigenvalue weighted by Crippen LogP contribution is -2.47. The average molecular weight is 500 g/mol. The first-order valence-electron chi connectivity index (χ1n) is 9.14. The van der Waals surface area contributed by atoms with E-state index in [-0.39, 0.29) is 29.4 Å². The maximum atomic E-state index is 5.62. The Labute approximate surface area is 183 Å². The molecule has 3 rings (SSSR count). The molecule has 0 bridgehead atoms. The third kappa shape index (κ3) is 5.65. The summed E-state index contributed by atoms with van der Waals surface area (Å²) in [6, 6.07) is 10.8. The average Bonchev–Trinajstić information content (AvgIpc) is 3.01. The molecule has 0 amide bonds. The molecule has 0 saturated carbocycles. The van der Waals surface area contributed by atoms with Gasteiger partial charge < -0.3 is 15.4 Å². The molecule has 7 heteroatoms. The van der Waals surface area contributed by atoms with Crippen molar-refractivity contribution in [1.82, 2.24) is 15.6 Å². The minimum absolute atomic E-state index is 0. The van der Waals surface area contributed by atoms with Gasteiger partial charge in [-0.15, -0.1) is 35.3 Å². The Morgan fingerprint density at radius 1 is 1.19 bits per heavy atom. The van der Waals surface area contributed by atoms with Gasteiger partial charge in [-0.1, -0.05) is 30.3 Å². The highest BCUT2D eigenvalue weighted by atomic mass is 127. The molecule has 0 atom stereocenters. The lowest BCUT2D eigenvalue weighted by molar-refractivity contribution is 0.0514. The molecule has 0 spiro atoms. The van der Waals surface area contributed by atoms with Crippen LogP contribution < -0.4 is 10.6 Å². The smallest absolute Gasteiger partial charge is 0.191 e. The van der Waals surface area contributed by atoms with E-state index in [2.05, 4.69) is 64.8 Å². The molecule has 2 heterocycles. The highest BCUT2D eigenvalue weighted by Crippen LogP contribution is 2.34. The summed E-state index contributed by atoms with van der Waals surface area (Å²) < 4.78 is 5.62. The first-order chi connectivity index (χ1) is 12.6. The molecule has 2 aromatic rings. The minimum Gasteiger partial charge on any atom is -0.381 e. The molecule has 1 saturated heterocycles. The van der Waals surface area contributed by atoms with Gasteiger partial charge in [0, 0.05) is 37.1 Å². The summed E-state index contributed by atoms with van der Waals surface area (Å²) in [5, 5.41) is 8.01. The standard InChI is InChI=1S/C20H28N4OS.HI/c1-15-16(2)26-18(24-15)13-22-19(21-3)23-14-20(9-11-25-12-10-20)17-7-5-4-6-8-17;/h4-8H,9-14H2,1-3H3,(H2,21,22,23);1H. The first-order valence-corrected chi connectivity index (χ1v) is 9.95. The van der Waals surface area contributed by atoms with Crippen molar-refractivity contribution in [2.75, 3.05) is 26.8 Å². The van der Waals surface area contributed by atoms with Gasteiger partial charge in [-0.25, -0.2) is 4.98 Å². The summed E-state index contributed by atoms with van der Waals surface area (Å²) in [5.74, 6) is 0.817. The largest absolute Gasteiger partial charge is 0.381 e. The Bertz CT molecular complexity index is 722. The molecule has 1 fully saturated rings. The second-order valence-corrected chi connectivity index (χ2v) is 8.07. The van der Waals surface area contributed by atoms with Crippen molar-refractivity contribution < 1.29 is 4.74 Å². The van der Waals surface area contributed by atoms with Gasteiger partial charge in [0.15, 0.2) is 5.96 Å². The van der Waals surface area contributed by atoms with Crippen molar-refractivity contribution in [3.8, 4) is 0 Å². The number of aryl methyl sites for hydroxylation is 2. The van der Waals surface area contributed by atoms with Gasteiger partial charge in [-0.2, -0.15) is 0 Å². The van der Waals surface area contributed by atoms with Crippen LogP contribution in [0.25, 0.3) is 0 Å². The second-order valence-electron chi connectivity index (χ2n) is 6.79. The van der Waals surface area contributed by atoms with E-state index in [4.69, 9.17) is 4.74 Å². The fourth-order valence-corrected chi connectivity index (χ4v) is 4.24. The van der Waals surface area contributed by atoms with Gasteiger partial charge in [0.1, 0.15) is 5.01 Å². The van der Waals surface area contributed by atoms with Crippen LogP contribution in [-0.4, -0.2) is 37.7 Å². The summed E-state index contributed by atoms with van der Waals surface area (Å²) in [6.45, 7) is 7.31. The maximum Gasteiger partial charge on any atom is 0.191 e. The monoisotopic (exact) mass is 500 g/mol. The van der Waals surface area contributed by atoms with Crippen LogP contribution in [0.4, 0.5) is 0 Å². The number of hydrogen-bond acceptors (Lipinski definition) is 4. The van der Waals surface area contributed by atoms with Gasteiger partial charge in [-0.3, -0.25) is 4.99 Å². The van der Waals surface area contributed by atoms with Crippen molar-refractivity contribution in [2.45, 2.75) is 38.6 Å². The summed E-state index contributed by atoms with van der Waals surface area (Å²) >= 11 is 1.74. The van der Waals surface area contributed by atoms with E-state index in [1.54, 1.807) is 11.3 Å². The summed E-state index contributed by atoms with van der Waals surface area (Å²) in [4.78, 5) is 10.2. The zero-order chi connectivity index (χ0) is 18.4. The van der Waals surface area contributed by atoms with Crippen molar-refractivity contribution >= 4 is 41.3 Å². The molecular weight excluding hydrogens is 471 g/mol. The molecule has 2 N–H and O–H groups in total. The van der Waals surface area contributed by atoms with E-state index < -0.39 is 0 Å². The van der Waals surface area contributed by atoms with E-state index in [0.717, 1.165) is 49.3 Å². The van der Waals surface area contributed by atoms with E-state index >= 15 is 0 Å². The van der Waals surface area contributed by atoms with Crippen molar-refractivity contribution in [3.05, 3.63) is 51.5 Å². The number of guanidine groups is 1. The number of halogens is 1. The van der Waals surface area contributed by atoms with E-state index in [9.17, 15) is 0 Å².